The maximum absolute atomic E-state index is 13.7. The highest BCUT2D eigenvalue weighted by Crippen LogP contribution is 2.16. The predicted molar refractivity (Wildman–Crippen MR) is 75.5 cm³/mol. The van der Waals surface area contributed by atoms with Crippen molar-refractivity contribution >= 4 is 10.0 Å². The third kappa shape index (κ3) is 5.16. The second-order valence-electron chi connectivity index (χ2n) is 4.39. The number of methoxy groups -OCH3 is 1. The molecule has 5 nitrogen and oxygen atoms in total. The summed E-state index contributed by atoms with van der Waals surface area (Å²) in [6.07, 6.45) is 1.40. The van der Waals surface area contributed by atoms with Crippen LogP contribution in [0.15, 0.2) is 23.1 Å². The Morgan fingerprint density at radius 1 is 1.30 bits per heavy atom. The average Bonchev–Trinajstić information content (AvgIpc) is 2.41. The van der Waals surface area contributed by atoms with Crippen molar-refractivity contribution in [3.63, 3.8) is 0 Å². The van der Waals surface area contributed by atoms with E-state index in [9.17, 15) is 12.8 Å². The van der Waals surface area contributed by atoms with Gasteiger partial charge in [-0.15, -0.1) is 0 Å². The van der Waals surface area contributed by atoms with Crippen LogP contribution >= 0.6 is 0 Å². The number of sulfonamides is 1. The summed E-state index contributed by atoms with van der Waals surface area (Å²) in [5.41, 5.74) is 0.716. The molecule has 0 bridgehead atoms. The lowest BCUT2D eigenvalue weighted by atomic mass is 10.2. The molecule has 1 aromatic carbocycles. The zero-order valence-corrected chi connectivity index (χ0v) is 12.6. The van der Waals surface area contributed by atoms with E-state index in [0.717, 1.165) is 6.42 Å². The predicted octanol–water partition coefficient (Wildman–Crippen LogP) is 1.25. The normalized spacial score (nSPS) is 11.8. The molecule has 0 heterocycles. The molecule has 0 radical (unpaired) electrons. The molecule has 0 aliphatic heterocycles. The van der Waals surface area contributed by atoms with Crippen LogP contribution in [0.5, 0.6) is 0 Å². The summed E-state index contributed by atoms with van der Waals surface area (Å²) in [5, 5.41) is 2.90. The summed E-state index contributed by atoms with van der Waals surface area (Å²) in [6.45, 7) is 1.33. The van der Waals surface area contributed by atoms with Crippen LogP contribution in [0.1, 0.15) is 18.4 Å². The van der Waals surface area contributed by atoms with Crippen LogP contribution in [0.3, 0.4) is 0 Å². The topological polar surface area (TPSA) is 67.4 Å². The van der Waals surface area contributed by atoms with Gasteiger partial charge in [0.25, 0.3) is 0 Å². The van der Waals surface area contributed by atoms with Crippen LogP contribution in [0, 0.1) is 5.82 Å². The molecular weight excluding hydrogens is 283 g/mol. The monoisotopic (exact) mass is 304 g/mol. The van der Waals surface area contributed by atoms with Gasteiger partial charge in [0.15, 0.2) is 0 Å². The molecule has 0 amide bonds. The summed E-state index contributed by atoms with van der Waals surface area (Å²) in [6, 6.07) is 4.08. The van der Waals surface area contributed by atoms with Crippen molar-refractivity contribution in [2.45, 2.75) is 24.3 Å². The number of unbranched alkanes of at least 4 members (excludes halogenated alkanes) is 1. The highest BCUT2D eigenvalue weighted by atomic mass is 32.2. The van der Waals surface area contributed by atoms with Gasteiger partial charge < -0.3 is 10.1 Å². The van der Waals surface area contributed by atoms with Crippen LogP contribution in [0.2, 0.25) is 0 Å². The Kier molecular flexibility index (Phi) is 7.08. The van der Waals surface area contributed by atoms with Crippen molar-refractivity contribution in [1.29, 1.82) is 0 Å². The quantitative estimate of drug-likeness (QED) is 0.674. The van der Waals surface area contributed by atoms with Crippen LogP contribution < -0.4 is 10.0 Å². The Bertz CT molecular complexity index is 520. The Morgan fingerprint density at radius 3 is 2.70 bits per heavy atom. The maximum atomic E-state index is 13.7. The van der Waals surface area contributed by atoms with Crippen molar-refractivity contribution < 1.29 is 17.5 Å². The fourth-order valence-corrected chi connectivity index (χ4v) is 2.92. The van der Waals surface area contributed by atoms with Crippen molar-refractivity contribution in [1.82, 2.24) is 10.0 Å². The first-order chi connectivity index (χ1) is 9.51. The molecule has 1 aromatic rings. The van der Waals surface area contributed by atoms with Gasteiger partial charge in [-0.05, 0) is 37.6 Å². The Hall–Kier alpha value is -1.02. The van der Waals surface area contributed by atoms with E-state index in [1.807, 2.05) is 0 Å². The van der Waals surface area contributed by atoms with Crippen molar-refractivity contribution in [3.8, 4) is 0 Å². The first-order valence-electron chi connectivity index (χ1n) is 6.43. The van der Waals surface area contributed by atoms with Gasteiger partial charge in [0.2, 0.25) is 10.0 Å². The van der Waals surface area contributed by atoms with Crippen LogP contribution in [0.25, 0.3) is 0 Å². The molecule has 0 aliphatic rings. The second-order valence-corrected chi connectivity index (χ2v) is 6.13. The van der Waals surface area contributed by atoms with Gasteiger partial charge in [0, 0.05) is 26.8 Å². The third-order valence-electron chi connectivity index (χ3n) is 2.73. The average molecular weight is 304 g/mol. The summed E-state index contributed by atoms with van der Waals surface area (Å²) < 4.78 is 45.0. The van der Waals surface area contributed by atoms with E-state index >= 15 is 0 Å². The lowest BCUT2D eigenvalue weighted by Crippen LogP contribution is -2.26. The van der Waals surface area contributed by atoms with E-state index in [4.69, 9.17) is 4.74 Å². The van der Waals surface area contributed by atoms with Gasteiger partial charge in [-0.3, -0.25) is 0 Å². The van der Waals surface area contributed by atoms with Gasteiger partial charge in [0.1, 0.15) is 10.7 Å². The molecular formula is C13H21FN2O3S. The van der Waals surface area contributed by atoms with Gasteiger partial charge >= 0.3 is 0 Å². The van der Waals surface area contributed by atoms with E-state index in [2.05, 4.69) is 10.0 Å². The van der Waals surface area contributed by atoms with Crippen molar-refractivity contribution in [2.75, 3.05) is 27.3 Å². The fourth-order valence-electron chi connectivity index (χ4n) is 1.72. The van der Waals surface area contributed by atoms with Crippen molar-refractivity contribution in [2.24, 2.45) is 0 Å². The smallest absolute Gasteiger partial charge is 0.243 e. The highest BCUT2D eigenvalue weighted by molar-refractivity contribution is 7.89. The molecule has 0 atom stereocenters. The summed E-state index contributed by atoms with van der Waals surface area (Å²) in [4.78, 5) is -0.308. The molecule has 0 fully saturated rings. The molecule has 0 saturated carbocycles. The van der Waals surface area contributed by atoms with E-state index in [-0.39, 0.29) is 11.4 Å². The van der Waals surface area contributed by atoms with E-state index in [0.29, 0.717) is 25.1 Å². The van der Waals surface area contributed by atoms with Crippen molar-refractivity contribution in [3.05, 3.63) is 29.6 Å². The zero-order valence-electron chi connectivity index (χ0n) is 11.8. The number of hydrogen-bond acceptors (Lipinski definition) is 4. The van der Waals surface area contributed by atoms with Gasteiger partial charge in [0.05, 0.1) is 0 Å². The third-order valence-corrected chi connectivity index (χ3v) is 4.21. The zero-order chi connectivity index (χ0) is 15.0. The SMILES string of the molecule is CNCc1ccc(F)c(S(=O)(=O)NCCCCOC)c1. The number of rotatable bonds is 9. The number of benzene rings is 1. The number of halogens is 1. The molecule has 1 rings (SSSR count). The van der Waals surface area contributed by atoms with E-state index in [1.54, 1.807) is 20.2 Å². The molecule has 114 valence electrons. The Morgan fingerprint density at radius 2 is 2.05 bits per heavy atom. The van der Waals surface area contributed by atoms with E-state index < -0.39 is 15.8 Å². The van der Waals surface area contributed by atoms with E-state index in [1.165, 1.54) is 12.1 Å². The minimum atomic E-state index is -3.81. The number of ether oxygens (including phenoxy) is 1. The Balaban J connectivity index is 2.73. The maximum Gasteiger partial charge on any atom is 0.243 e. The van der Waals surface area contributed by atoms with Gasteiger partial charge in [-0.25, -0.2) is 17.5 Å². The summed E-state index contributed by atoms with van der Waals surface area (Å²) >= 11 is 0. The standard InChI is InChI=1S/C13H21FN2O3S/c1-15-10-11-5-6-12(14)13(9-11)20(17,18)16-7-3-4-8-19-2/h5-6,9,15-16H,3-4,7-8,10H2,1-2H3. The highest BCUT2D eigenvalue weighted by Gasteiger charge is 2.18. The fraction of sp³-hybridized carbons (Fsp3) is 0.538. The molecule has 7 heteroatoms. The second kappa shape index (κ2) is 8.31. The number of nitrogens with one attached hydrogen (secondary N) is 2. The molecule has 0 aliphatic carbocycles. The lowest BCUT2D eigenvalue weighted by molar-refractivity contribution is 0.193. The Labute approximate surface area is 119 Å². The van der Waals surface area contributed by atoms with Gasteiger partial charge in [-0.2, -0.15) is 0 Å². The number of hydrogen-bond donors (Lipinski definition) is 2. The molecule has 0 saturated heterocycles. The summed E-state index contributed by atoms with van der Waals surface area (Å²) in [7, 11) is -0.481. The molecule has 0 spiro atoms. The minimum Gasteiger partial charge on any atom is -0.385 e. The largest absolute Gasteiger partial charge is 0.385 e. The molecule has 2 N–H and O–H groups in total. The molecule has 0 aromatic heterocycles. The molecule has 20 heavy (non-hydrogen) atoms. The molecule has 0 unspecified atom stereocenters. The van der Waals surface area contributed by atoms with Crippen LogP contribution in [0.4, 0.5) is 4.39 Å². The first kappa shape index (κ1) is 17.0. The first-order valence-corrected chi connectivity index (χ1v) is 7.91. The lowest BCUT2D eigenvalue weighted by Gasteiger charge is -2.09. The minimum absolute atomic E-state index is 0.265. The van der Waals surface area contributed by atoms with Crippen LogP contribution in [-0.4, -0.2) is 35.7 Å². The van der Waals surface area contributed by atoms with Gasteiger partial charge in [-0.1, -0.05) is 6.07 Å². The van der Waals surface area contributed by atoms with Crippen LogP contribution in [-0.2, 0) is 21.3 Å². The summed E-state index contributed by atoms with van der Waals surface area (Å²) in [5.74, 6) is -0.741.